The molecule has 0 bridgehead atoms. The molecule has 0 aliphatic rings. The molecule has 0 saturated carbocycles. The van der Waals surface area contributed by atoms with Crippen LogP contribution in [0.5, 0.6) is 0 Å². The number of hydrogen-bond donors (Lipinski definition) is 0. The van der Waals surface area contributed by atoms with E-state index in [4.69, 9.17) is 5.26 Å². The third-order valence-corrected chi connectivity index (χ3v) is 0.402. The Bertz CT molecular complexity index is 126. The van der Waals surface area contributed by atoms with Gasteiger partial charge in [0.2, 0.25) is 0 Å². The second-order valence-electron chi connectivity index (χ2n) is 1.88. The van der Waals surface area contributed by atoms with Crippen LogP contribution in [-0.2, 0) is 9.53 Å². The Labute approximate surface area is 67.1 Å². The summed E-state index contributed by atoms with van der Waals surface area (Å²) >= 11 is 0. The second kappa shape index (κ2) is 11.7. The van der Waals surface area contributed by atoms with Gasteiger partial charge in [-0.15, -0.1) is 0 Å². The van der Waals surface area contributed by atoms with Gasteiger partial charge in [-0.3, -0.25) is 4.79 Å². The molecule has 0 rings (SSSR count). The summed E-state index contributed by atoms with van der Waals surface area (Å²) in [6.45, 7) is 6.48. The first-order valence-corrected chi connectivity index (χ1v) is 3.02. The first-order chi connectivity index (χ1) is 4.54. The van der Waals surface area contributed by atoms with Crippen molar-refractivity contribution in [2.45, 2.75) is 33.8 Å². The van der Waals surface area contributed by atoms with Gasteiger partial charge in [-0.1, -0.05) is 0 Å². The molecule has 0 radical (unpaired) electrons. The molecule has 0 aromatic heterocycles. The number of ether oxygens (including phenoxy) is 1. The molecule has 0 amide bonds. The fraction of sp³-hybridized carbons (Fsp3) is 0.714. The van der Waals surface area contributed by atoms with E-state index in [1.807, 2.05) is 13.8 Å². The van der Waals surface area contributed by atoms with Crippen LogP contribution >= 0.6 is 0 Å². The Balaban J connectivity index is -0.000000140. The molecule has 0 aliphatic heterocycles. The Morgan fingerprint density at radius 3 is 1.82 bits per heavy atom. The lowest BCUT2D eigenvalue weighted by Crippen LogP contribution is -2.06. The van der Waals surface area contributed by atoms with Gasteiger partial charge in [-0.05, 0) is 13.8 Å². The zero-order valence-electron chi connectivity index (χ0n) is 7.34. The maximum atomic E-state index is 10.0. The van der Waals surface area contributed by atoms with Gasteiger partial charge >= 0.3 is 5.97 Å². The van der Waals surface area contributed by atoms with Gasteiger partial charge in [0.15, 0.2) is 0 Å². The molecule has 4 heteroatoms. The molecule has 4 nitrogen and oxygen atoms in total. The highest BCUT2D eigenvalue weighted by Crippen LogP contribution is 1.85. The van der Waals surface area contributed by atoms with Crippen LogP contribution in [0.3, 0.4) is 0 Å². The molecule has 0 spiro atoms. The maximum absolute atomic E-state index is 10.0. The zero-order valence-corrected chi connectivity index (χ0v) is 7.34. The summed E-state index contributed by atoms with van der Waals surface area (Å²) in [6.07, 6.45) is 0.0255. The van der Waals surface area contributed by atoms with Gasteiger partial charge in [-0.25, -0.2) is 0 Å². The highest BCUT2D eigenvalue weighted by Gasteiger charge is 1.93. The van der Waals surface area contributed by atoms with Crippen LogP contribution in [0.1, 0.15) is 27.7 Å². The van der Waals surface area contributed by atoms with Gasteiger partial charge in [0.1, 0.15) is 0 Å². The van der Waals surface area contributed by atoms with Crippen molar-refractivity contribution in [2.24, 2.45) is 0 Å². The number of hydrogen-bond acceptors (Lipinski definition) is 3. The minimum atomic E-state index is -0.213. The first kappa shape index (κ1) is 16.5. The molecule has 0 unspecified atom stereocenters. The lowest BCUT2D eigenvalue weighted by Gasteiger charge is -2.01. The van der Waals surface area contributed by atoms with Crippen LogP contribution in [0, 0.1) is 11.3 Å². The van der Waals surface area contributed by atoms with E-state index in [0.29, 0.717) is 0 Å². The molecule has 2 N–H and O–H groups in total. The predicted molar refractivity (Wildman–Crippen MR) is 41.8 cm³/mol. The van der Waals surface area contributed by atoms with Gasteiger partial charge in [0.05, 0.1) is 12.2 Å². The van der Waals surface area contributed by atoms with Crippen molar-refractivity contribution in [3.63, 3.8) is 0 Å². The lowest BCUT2D eigenvalue weighted by atomic mass is 10.5. The Morgan fingerprint density at radius 1 is 1.55 bits per heavy atom. The van der Waals surface area contributed by atoms with E-state index in [9.17, 15) is 4.79 Å². The minimum Gasteiger partial charge on any atom is -0.463 e. The molecule has 0 heterocycles. The van der Waals surface area contributed by atoms with E-state index in [1.54, 1.807) is 6.07 Å². The number of carbonyl (C=O) groups is 1. The van der Waals surface area contributed by atoms with E-state index in [2.05, 4.69) is 4.74 Å². The van der Waals surface area contributed by atoms with Crippen LogP contribution in [0.25, 0.3) is 0 Å². The maximum Gasteiger partial charge on any atom is 0.302 e. The van der Waals surface area contributed by atoms with Crippen LogP contribution in [0.2, 0.25) is 0 Å². The molecular formula is C7H15NO3. The van der Waals surface area contributed by atoms with E-state index in [1.165, 1.54) is 13.8 Å². The Kier molecular flexibility index (Phi) is 17.5. The molecule has 0 aromatic rings. The lowest BCUT2D eigenvalue weighted by molar-refractivity contribution is -0.144. The van der Waals surface area contributed by atoms with Crippen molar-refractivity contribution >= 4 is 5.97 Å². The number of nitriles is 1. The third kappa shape index (κ3) is 50.1. The number of esters is 1. The molecular weight excluding hydrogens is 146 g/mol. The van der Waals surface area contributed by atoms with Crippen molar-refractivity contribution in [2.75, 3.05) is 0 Å². The van der Waals surface area contributed by atoms with Crippen LogP contribution in [0.4, 0.5) is 0 Å². The van der Waals surface area contributed by atoms with Gasteiger partial charge in [0.25, 0.3) is 0 Å². The SMILES string of the molecule is CC#N.CC(=O)OC(C)C.O. The Hall–Kier alpha value is -1.08. The highest BCUT2D eigenvalue weighted by molar-refractivity contribution is 5.66. The summed E-state index contributed by atoms with van der Waals surface area (Å²) in [6, 6.07) is 1.75. The summed E-state index contributed by atoms with van der Waals surface area (Å²) in [7, 11) is 0. The highest BCUT2D eigenvalue weighted by atomic mass is 16.5. The summed E-state index contributed by atoms with van der Waals surface area (Å²) in [5, 5.41) is 7.32. The fourth-order valence-corrected chi connectivity index (χ4v) is 0.332. The van der Waals surface area contributed by atoms with Crippen molar-refractivity contribution in [1.82, 2.24) is 0 Å². The van der Waals surface area contributed by atoms with E-state index < -0.39 is 0 Å². The summed E-state index contributed by atoms with van der Waals surface area (Å²) in [5.74, 6) is -0.213. The molecule has 11 heavy (non-hydrogen) atoms. The number of rotatable bonds is 1. The largest absolute Gasteiger partial charge is 0.463 e. The molecule has 0 aliphatic carbocycles. The molecule has 66 valence electrons. The van der Waals surface area contributed by atoms with Crippen LogP contribution in [-0.4, -0.2) is 17.5 Å². The first-order valence-electron chi connectivity index (χ1n) is 3.02. The average Bonchev–Trinajstić information content (AvgIpc) is 1.62. The van der Waals surface area contributed by atoms with Crippen molar-refractivity contribution in [3.8, 4) is 6.07 Å². The molecule has 0 atom stereocenters. The smallest absolute Gasteiger partial charge is 0.302 e. The van der Waals surface area contributed by atoms with Gasteiger partial charge in [-0.2, -0.15) is 5.26 Å². The molecule has 0 aromatic carbocycles. The topological polar surface area (TPSA) is 81.6 Å². The third-order valence-electron chi connectivity index (χ3n) is 0.402. The monoisotopic (exact) mass is 161 g/mol. The summed E-state index contributed by atoms with van der Waals surface area (Å²) < 4.78 is 4.61. The van der Waals surface area contributed by atoms with Crippen LogP contribution in [0.15, 0.2) is 0 Å². The average molecular weight is 161 g/mol. The summed E-state index contributed by atoms with van der Waals surface area (Å²) in [5.41, 5.74) is 0. The summed E-state index contributed by atoms with van der Waals surface area (Å²) in [4.78, 5) is 10.0. The predicted octanol–water partition coefficient (Wildman–Crippen LogP) is 0.663. The van der Waals surface area contributed by atoms with Crippen LogP contribution < -0.4 is 0 Å². The normalized spacial score (nSPS) is 6.55. The van der Waals surface area contributed by atoms with E-state index in [-0.39, 0.29) is 17.5 Å². The van der Waals surface area contributed by atoms with Gasteiger partial charge in [0, 0.05) is 13.8 Å². The quantitative estimate of drug-likeness (QED) is 0.530. The standard InChI is InChI=1S/C5H10O2.C2H3N.H2O/c1-4(2)7-5(3)6;1-2-3;/h4H,1-3H3;1H3;1H2. The minimum absolute atomic E-state index is 0. The number of nitrogens with zero attached hydrogens (tertiary/aromatic N) is 1. The van der Waals surface area contributed by atoms with Crippen molar-refractivity contribution < 1.29 is 15.0 Å². The number of carbonyl (C=O) groups excluding carboxylic acids is 1. The Morgan fingerprint density at radius 2 is 1.82 bits per heavy atom. The van der Waals surface area contributed by atoms with Gasteiger partial charge < -0.3 is 10.2 Å². The van der Waals surface area contributed by atoms with Crippen molar-refractivity contribution in [1.29, 1.82) is 5.26 Å². The fourth-order valence-electron chi connectivity index (χ4n) is 0.332. The van der Waals surface area contributed by atoms with E-state index in [0.717, 1.165) is 0 Å². The van der Waals surface area contributed by atoms with Crippen molar-refractivity contribution in [3.05, 3.63) is 0 Å². The van der Waals surface area contributed by atoms with E-state index >= 15 is 0 Å². The zero-order chi connectivity index (χ0) is 8.57. The molecule has 0 fully saturated rings. The molecule has 0 saturated heterocycles. The second-order valence-corrected chi connectivity index (χ2v) is 1.88.